The van der Waals surface area contributed by atoms with Crippen LogP contribution in [0.25, 0.3) is 0 Å². The van der Waals surface area contributed by atoms with E-state index in [9.17, 15) is 4.79 Å². The van der Waals surface area contributed by atoms with Crippen LogP contribution in [0.4, 0.5) is 0 Å². The summed E-state index contributed by atoms with van der Waals surface area (Å²) < 4.78 is 11.1. The summed E-state index contributed by atoms with van der Waals surface area (Å²) in [5.74, 6) is 2.02. The van der Waals surface area contributed by atoms with Gasteiger partial charge in [-0.05, 0) is 68.4 Å². The molecule has 29 heavy (non-hydrogen) atoms. The fraction of sp³-hybridized carbons (Fsp3) is 0.417. The van der Waals surface area contributed by atoms with Crippen molar-refractivity contribution in [1.29, 1.82) is 5.26 Å². The van der Waals surface area contributed by atoms with Crippen LogP contribution in [-0.4, -0.2) is 37.1 Å². The highest BCUT2D eigenvalue weighted by atomic mass is 16.5. The van der Waals surface area contributed by atoms with Crippen molar-refractivity contribution in [2.75, 3.05) is 26.3 Å². The Balaban J connectivity index is 1.39. The highest BCUT2D eigenvalue weighted by Gasteiger charge is 2.23. The van der Waals surface area contributed by atoms with Crippen molar-refractivity contribution >= 4 is 5.91 Å². The number of nitriles is 1. The second kappa shape index (κ2) is 10.5. The molecule has 0 aromatic heterocycles. The van der Waals surface area contributed by atoms with E-state index in [1.807, 2.05) is 24.0 Å². The molecule has 0 bridgehead atoms. The molecule has 0 spiro atoms. The molecule has 3 rings (SSSR count). The van der Waals surface area contributed by atoms with Gasteiger partial charge in [0.25, 0.3) is 5.91 Å². The topological polar surface area (TPSA) is 62.6 Å². The number of likely N-dealkylation sites (tertiary alicyclic amines) is 1. The average Bonchev–Trinajstić information content (AvgIpc) is 2.77. The number of carbonyl (C=O) groups is 1. The van der Waals surface area contributed by atoms with Gasteiger partial charge >= 0.3 is 0 Å². The van der Waals surface area contributed by atoms with E-state index in [-0.39, 0.29) is 12.5 Å². The highest BCUT2D eigenvalue weighted by Crippen LogP contribution is 2.24. The van der Waals surface area contributed by atoms with Crippen molar-refractivity contribution in [2.45, 2.75) is 32.6 Å². The van der Waals surface area contributed by atoms with Gasteiger partial charge in [0.2, 0.25) is 0 Å². The van der Waals surface area contributed by atoms with Gasteiger partial charge in [-0.25, -0.2) is 0 Å². The van der Waals surface area contributed by atoms with Crippen molar-refractivity contribution < 1.29 is 14.3 Å². The lowest BCUT2D eigenvalue weighted by Gasteiger charge is -2.32. The standard InChI is InChI=1S/C24H28N2O3/c1-2-28-22-11-9-19(10-12-22)7-8-20-13-15-26(16-14-20)24(27)18-29-23-6-4-3-5-21(23)17-25/h3-6,9-12,20H,2,7-8,13-16,18H2,1H3. The Morgan fingerprint density at radius 2 is 1.83 bits per heavy atom. The minimum Gasteiger partial charge on any atom is -0.494 e. The molecule has 0 aliphatic carbocycles. The number of nitrogens with zero attached hydrogens (tertiary/aromatic N) is 2. The van der Waals surface area contributed by atoms with Gasteiger partial charge in [-0.1, -0.05) is 24.3 Å². The van der Waals surface area contributed by atoms with E-state index >= 15 is 0 Å². The second-order valence-electron chi connectivity index (χ2n) is 7.34. The lowest BCUT2D eigenvalue weighted by atomic mass is 9.90. The number of hydrogen-bond acceptors (Lipinski definition) is 4. The number of aryl methyl sites for hydroxylation is 1. The van der Waals surface area contributed by atoms with Crippen LogP contribution in [0.15, 0.2) is 48.5 Å². The molecular weight excluding hydrogens is 364 g/mol. The summed E-state index contributed by atoms with van der Waals surface area (Å²) >= 11 is 0. The molecule has 1 aliphatic rings. The van der Waals surface area contributed by atoms with Gasteiger partial charge in [-0.2, -0.15) is 5.26 Å². The third-order valence-electron chi connectivity index (χ3n) is 5.40. The zero-order valence-electron chi connectivity index (χ0n) is 17.0. The van der Waals surface area contributed by atoms with Crippen LogP contribution in [-0.2, 0) is 11.2 Å². The van der Waals surface area contributed by atoms with Crippen LogP contribution in [0.1, 0.15) is 37.3 Å². The summed E-state index contributed by atoms with van der Waals surface area (Å²) in [5, 5.41) is 9.10. The normalized spacial score (nSPS) is 14.3. The summed E-state index contributed by atoms with van der Waals surface area (Å²) in [5.41, 5.74) is 1.78. The molecular formula is C24H28N2O3. The van der Waals surface area contributed by atoms with E-state index in [0.29, 0.717) is 23.8 Å². The van der Waals surface area contributed by atoms with Crippen LogP contribution in [0.2, 0.25) is 0 Å². The molecule has 1 fully saturated rings. The monoisotopic (exact) mass is 392 g/mol. The van der Waals surface area contributed by atoms with E-state index in [1.54, 1.807) is 24.3 Å². The number of rotatable bonds is 8. The molecule has 0 atom stereocenters. The van der Waals surface area contributed by atoms with Crippen molar-refractivity contribution in [3.63, 3.8) is 0 Å². The minimum absolute atomic E-state index is 0.0114. The molecule has 1 heterocycles. The Morgan fingerprint density at radius 3 is 2.52 bits per heavy atom. The number of para-hydroxylation sites is 1. The van der Waals surface area contributed by atoms with E-state index in [1.165, 1.54) is 5.56 Å². The number of carbonyl (C=O) groups excluding carboxylic acids is 1. The second-order valence-corrected chi connectivity index (χ2v) is 7.34. The molecule has 2 aromatic rings. The first-order valence-corrected chi connectivity index (χ1v) is 10.3. The predicted molar refractivity (Wildman–Crippen MR) is 112 cm³/mol. The van der Waals surface area contributed by atoms with E-state index in [2.05, 4.69) is 18.2 Å². The first-order chi connectivity index (χ1) is 14.2. The van der Waals surface area contributed by atoms with Gasteiger partial charge in [0.05, 0.1) is 12.2 Å². The van der Waals surface area contributed by atoms with Crippen molar-refractivity contribution in [3.05, 3.63) is 59.7 Å². The lowest BCUT2D eigenvalue weighted by Crippen LogP contribution is -2.41. The Morgan fingerprint density at radius 1 is 1.10 bits per heavy atom. The summed E-state index contributed by atoms with van der Waals surface area (Å²) in [6, 6.07) is 17.4. The maximum absolute atomic E-state index is 12.4. The summed E-state index contributed by atoms with van der Waals surface area (Å²) in [6.45, 7) is 4.20. The zero-order chi connectivity index (χ0) is 20.5. The first-order valence-electron chi connectivity index (χ1n) is 10.3. The van der Waals surface area contributed by atoms with Crippen LogP contribution in [0, 0.1) is 17.2 Å². The van der Waals surface area contributed by atoms with E-state index < -0.39 is 0 Å². The molecule has 0 radical (unpaired) electrons. The largest absolute Gasteiger partial charge is 0.494 e. The van der Waals surface area contributed by atoms with Gasteiger partial charge < -0.3 is 14.4 Å². The summed E-state index contributed by atoms with van der Waals surface area (Å²) in [7, 11) is 0. The number of benzene rings is 2. The molecule has 1 aliphatic heterocycles. The quantitative estimate of drug-likeness (QED) is 0.675. The molecule has 0 unspecified atom stereocenters. The Labute approximate surface area is 172 Å². The SMILES string of the molecule is CCOc1ccc(CCC2CCN(C(=O)COc3ccccc3C#N)CC2)cc1. The minimum atomic E-state index is -0.0183. The Bertz CT molecular complexity index is 834. The van der Waals surface area contributed by atoms with Crippen molar-refractivity contribution in [1.82, 2.24) is 4.90 Å². The maximum Gasteiger partial charge on any atom is 0.260 e. The van der Waals surface area contributed by atoms with Gasteiger partial charge in [0.1, 0.15) is 17.6 Å². The lowest BCUT2D eigenvalue weighted by molar-refractivity contribution is -0.134. The van der Waals surface area contributed by atoms with Crippen LogP contribution < -0.4 is 9.47 Å². The average molecular weight is 392 g/mol. The number of hydrogen-bond donors (Lipinski definition) is 0. The molecule has 5 heteroatoms. The molecule has 0 N–H and O–H groups in total. The fourth-order valence-electron chi connectivity index (χ4n) is 3.68. The van der Waals surface area contributed by atoms with Crippen LogP contribution in [0.3, 0.4) is 0 Å². The van der Waals surface area contributed by atoms with Crippen molar-refractivity contribution in [3.8, 4) is 17.6 Å². The van der Waals surface area contributed by atoms with Gasteiger partial charge in [-0.3, -0.25) is 4.79 Å². The molecule has 0 saturated carbocycles. The van der Waals surface area contributed by atoms with Gasteiger partial charge in [0, 0.05) is 13.1 Å². The molecule has 2 aromatic carbocycles. The third kappa shape index (κ3) is 5.99. The van der Waals surface area contributed by atoms with E-state index in [4.69, 9.17) is 14.7 Å². The molecule has 1 amide bonds. The number of ether oxygens (including phenoxy) is 2. The zero-order valence-corrected chi connectivity index (χ0v) is 17.0. The molecule has 152 valence electrons. The summed E-state index contributed by atoms with van der Waals surface area (Å²) in [4.78, 5) is 14.3. The fourth-order valence-corrected chi connectivity index (χ4v) is 3.68. The maximum atomic E-state index is 12.4. The third-order valence-corrected chi connectivity index (χ3v) is 5.40. The van der Waals surface area contributed by atoms with Gasteiger partial charge in [-0.15, -0.1) is 0 Å². The number of amides is 1. The van der Waals surface area contributed by atoms with E-state index in [0.717, 1.165) is 44.5 Å². The molecule has 5 nitrogen and oxygen atoms in total. The van der Waals surface area contributed by atoms with Gasteiger partial charge in [0.15, 0.2) is 6.61 Å². The smallest absolute Gasteiger partial charge is 0.260 e. The summed E-state index contributed by atoms with van der Waals surface area (Å²) in [6.07, 6.45) is 4.25. The Kier molecular flexibility index (Phi) is 7.52. The van der Waals surface area contributed by atoms with Crippen molar-refractivity contribution in [2.24, 2.45) is 5.92 Å². The first kappa shape index (κ1) is 20.7. The van der Waals surface area contributed by atoms with Crippen LogP contribution in [0.5, 0.6) is 11.5 Å². The predicted octanol–water partition coefficient (Wildman–Crippen LogP) is 4.21. The Hall–Kier alpha value is -3.00. The van der Waals surface area contributed by atoms with Crippen LogP contribution >= 0.6 is 0 Å². The highest BCUT2D eigenvalue weighted by molar-refractivity contribution is 5.78. The number of piperidine rings is 1. The molecule has 1 saturated heterocycles.